The number of Topliss-reactive ketones (excluding diaryl/α,β-unsaturated/α-hetero) is 1. The Kier molecular flexibility index (Phi) is 3.83. The van der Waals surface area contributed by atoms with Crippen LogP contribution in [0.4, 0.5) is 0 Å². The molecule has 2 fully saturated rings. The van der Waals surface area contributed by atoms with E-state index < -0.39 is 0 Å². The van der Waals surface area contributed by atoms with Crippen LogP contribution >= 0.6 is 22.6 Å². The second kappa shape index (κ2) is 5.73. The highest BCUT2D eigenvalue weighted by Crippen LogP contribution is 2.46. The van der Waals surface area contributed by atoms with Crippen LogP contribution in [0.2, 0.25) is 0 Å². The molecule has 4 rings (SSSR count). The van der Waals surface area contributed by atoms with E-state index in [1.54, 1.807) is 0 Å². The quantitative estimate of drug-likeness (QED) is 0.548. The van der Waals surface area contributed by atoms with Crippen molar-refractivity contribution in [3.05, 3.63) is 61.3 Å². The fourth-order valence-electron chi connectivity index (χ4n) is 3.34. The Labute approximate surface area is 151 Å². The standard InChI is InChI=1S/C21H21IO/c1-12-13(2)21(23)20(22)11-18(12)9-17-8-7-16(14-3-4-14)10-19(17)15-5-6-15/h7-11,14-15H,3-6H2,1-2H3/b18-9-. The first-order chi connectivity index (χ1) is 11.0. The van der Waals surface area contributed by atoms with Gasteiger partial charge in [-0.25, -0.2) is 0 Å². The minimum atomic E-state index is 0.173. The molecule has 0 bridgehead atoms. The third-order valence-corrected chi connectivity index (χ3v) is 6.12. The molecular weight excluding hydrogens is 395 g/mol. The van der Waals surface area contributed by atoms with Gasteiger partial charge in [0.25, 0.3) is 0 Å². The minimum Gasteiger partial charge on any atom is -0.288 e. The van der Waals surface area contributed by atoms with Crippen LogP contribution in [0, 0.1) is 0 Å². The number of benzene rings is 1. The average Bonchev–Trinajstić information content (AvgIpc) is 3.42. The van der Waals surface area contributed by atoms with Crippen LogP contribution in [0.25, 0.3) is 6.08 Å². The van der Waals surface area contributed by atoms with Gasteiger partial charge in [0.1, 0.15) is 0 Å². The van der Waals surface area contributed by atoms with E-state index in [4.69, 9.17) is 0 Å². The van der Waals surface area contributed by atoms with Gasteiger partial charge in [-0.3, -0.25) is 4.79 Å². The Hall–Kier alpha value is -1.16. The van der Waals surface area contributed by atoms with E-state index in [1.165, 1.54) is 47.9 Å². The summed E-state index contributed by atoms with van der Waals surface area (Å²) >= 11 is 2.16. The summed E-state index contributed by atoms with van der Waals surface area (Å²) in [6, 6.07) is 7.06. The summed E-state index contributed by atoms with van der Waals surface area (Å²) in [7, 11) is 0. The molecule has 1 aromatic rings. The lowest BCUT2D eigenvalue weighted by molar-refractivity contribution is -0.111. The summed E-state index contributed by atoms with van der Waals surface area (Å²) in [5.74, 6) is 1.73. The van der Waals surface area contributed by atoms with Crippen molar-refractivity contribution < 1.29 is 4.79 Å². The van der Waals surface area contributed by atoms with E-state index in [1.807, 2.05) is 13.0 Å². The van der Waals surface area contributed by atoms with Crippen LogP contribution in [0.5, 0.6) is 0 Å². The number of hydrogen-bond donors (Lipinski definition) is 0. The van der Waals surface area contributed by atoms with E-state index >= 15 is 0 Å². The molecular formula is C21H21IO. The molecule has 0 unspecified atom stereocenters. The fraction of sp³-hybridized carbons (Fsp3) is 0.381. The highest BCUT2D eigenvalue weighted by Gasteiger charge is 2.29. The van der Waals surface area contributed by atoms with E-state index in [-0.39, 0.29) is 5.78 Å². The van der Waals surface area contributed by atoms with E-state index in [2.05, 4.69) is 53.8 Å². The Morgan fingerprint density at radius 3 is 2.39 bits per heavy atom. The third kappa shape index (κ3) is 2.98. The molecule has 3 aliphatic rings. The third-order valence-electron chi connectivity index (χ3n) is 5.32. The number of halogens is 1. The summed E-state index contributed by atoms with van der Waals surface area (Å²) < 4.78 is 0.819. The zero-order valence-electron chi connectivity index (χ0n) is 13.7. The topological polar surface area (TPSA) is 17.1 Å². The van der Waals surface area contributed by atoms with Crippen LogP contribution < -0.4 is 0 Å². The average molecular weight is 416 g/mol. The Balaban J connectivity index is 1.77. The number of carbonyl (C=O) groups is 1. The van der Waals surface area contributed by atoms with E-state index in [9.17, 15) is 4.79 Å². The molecule has 0 heterocycles. The van der Waals surface area contributed by atoms with Gasteiger partial charge in [0.2, 0.25) is 0 Å². The molecule has 3 aliphatic carbocycles. The Morgan fingerprint density at radius 1 is 1.04 bits per heavy atom. The Morgan fingerprint density at radius 2 is 1.74 bits per heavy atom. The van der Waals surface area contributed by atoms with Crippen LogP contribution in [0.3, 0.4) is 0 Å². The SMILES string of the molecule is CC1=C(C)/C(=C\c2ccc(C3CC3)cc2C2CC2)C=C(I)C1=O. The van der Waals surface area contributed by atoms with Crippen LogP contribution in [-0.4, -0.2) is 5.78 Å². The van der Waals surface area contributed by atoms with Gasteiger partial charge in [-0.1, -0.05) is 18.2 Å². The zero-order chi connectivity index (χ0) is 16.1. The zero-order valence-corrected chi connectivity index (χ0v) is 15.8. The maximum Gasteiger partial charge on any atom is 0.195 e. The largest absolute Gasteiger partial charge is 0.288 e. The first kappa shape index (κ1) is 15.4. The lowest BCUT2D eigenvalue weighted by Gasteiger charge is -2.16. The highest BCUT2D eigenvalue weighted by molar-refractivity contribution is 14.1. The molecule has 23 heavy (non-hydrogen) atoms. The van der Waals surface area contributed by atoms with Crippen molar-refractivity contribution in [2.75, 3.05) is 0 Å². The molecule has 2 heteroatoms. The van der Waals surface area contributed by atoms with Gasteiger partial charge in [-0.05, 0) is 114 Å². The summed E-state index contributed by atoms with van der Waals surface area (Å²) in [4.78, 5) is 12.1. The van der Waals surface area contributed by atoms with Gasteiger partial charge in [0.15, 0.2) is 5.78 Å². The minimum absolute atomic E-state index is 0.173. The second-order valence-electron chi connectivity index (χ2n) is 7.11. The first-order valence-electron chi connectivity index (χ1n) is 8.50. The number of allylic oxidation sites excluding steroid dienone is 5. The molecule has 1 aromatic carbocycles. The molecule has 0 saturated heterocycles. The van der Waals surface area contributed by atoms with Gasteiger partial charge >= 0.3 is 0 Å². The molecule has 0 amide bonds. The van der Waals surface area contributed by atoms with Crippen molar-refractivity contribution in [1.29, 1.82) is 0 Å². The van der Waals surface area contributed by atoms with Crippen molar-refractivity contribution in [3.63, 3.8) is 0 Å². The summed E-state index contributed by atoms with van der Waals surface area (Å²) in [5.41, 5.74) is 7.57. The van der Waals surface area contributed by atoms with Crippen molar-refractivity contribution in [1.82, 2.24) is 0 Å². The van der Waals surface area contributed by atoms with Crippen molar-refractivity contribution in [3.8, 4) is 0 Å². The molecule has 1 nitrogen and oxygen atoms in total. The predicted octanol–water partition coefficient (Wildman–Crippen LogP) is 6.06. The summed E-state index contributed by atoms with van der Waals surface area (Å²) in [6.07, 6.45) is 9.68. The molecule has 0 atom stereocenters. The number of carbonyl (C=O) groups excluding carboxylic acids is 1. The monoisotopic (exact) mass is 416 g/mol. The van der Waals surface area contributed by atoms with Crippen LogP contribution in [-0.2, 0) is 4.79 Å². The van der Waals surface area contributed by atoms with Gasteiger partial charge in [-0.2, -0.15) is 0 Å². The maximum absolute atomic E-state index is 12.1. The van der Waals surface area contributed by atoms with Crippen molar-refractivity contribution in [2.45, 2.75) is 51.4 Å². The predicted molar refractivity (Wildman–Crippen MR) is 104 cm³/mol. The smallest absolute Gasteiger partial charge is 0.195 e. The van der Waals surface area contributed by atoms with Crippen molar-refractivity contribution >= 4 is 34.5 Å². The van der Waals surface area contributed by atoms with Gasteiger partial charge in [-0.15, -0.1) is 0 Å². The lowest BCUT2D eigenvalue weighted by Crippen LogP contribution is -2.08. The summed E-state index contributed by atoms with van der Waals surface area (Å²) in [6.45, 7) is 4.00. The number of hydrogen-bond acceptors (Lipinski definition) is 1. The Bertz CT molecular complexity index is 786. The number of rotatable bonds is 3. The fourth-order valence-corrected chi connectivity index (χ4v) is 4.08. The summed E-state index contributed by atoms with van der Waals surface area (Å²) in [5, 5.41) is 0. The van der Waals surface area contributed by atoms with E-state index in [0.717, 1.165) is 26.6 Å². The van der Waals surface area contributed by atoms with Crippen LogP contribution in [0.15, 0.2) is 44.6 Å². The lowest BCUT2D eigenvalue weighted by atomic mass is 9.90. The van der Waals surface area contributed by atoms with E-state index in [0.29, 0.717) is 0 Å². The van der Waals surface area contributed by atoms with Crippen molar-refractivity contribution in [2.24, 2.45) is 0 Å². The molecule has 0 aliphatic heterocycles. The molecule has 2 saturated carbocycles. The molecule has 0 aromatic heterocycles. The second-order valence-corrected chi connectivity index (χ2v) is 8.27. The van der Waals surface area contributed by atoms with Gasteiger partial charge in [0, 0.05) is 5.57 Å². The first-order valence-corrected chi connectivity index (χ1v) is 9.57. The normalized spacial score (nSPS) is 23.5. The molecule has 0 radical (unpaired) electrons. The molecule has 118 valence electrons. The van der Waals surface area contributed by atoms with Crippen LogP contribution in [0.1, 0.15) is 68.1 Å². The number of ketones is 1. The molecule has 0 spiro atoms. The molecule has 0 N–H and O–H groups in total. The maximum atomic E-state index is 12.1. The van der Waals surface area contributed by atoms with Gasteiger partial charge in [0.05, 0.1) is 3.58 Å². The van der Waals surface area contributed by atoms with Gasteiger partial charge < -0.3 is 0 Å². The highest BCUT2D eigenvalue weighted by atomic mass is 127.